The highest BCUT2D eigenvalue weighted by Gasteiger charge is 2.31. The molecule has 0 fully saturated rings. The molecule has 1 aromatic rings. The second kappa shape index (κ2) is 4.37. The number of rotatable bonds is 1. The average molecular weight is 247 g/mol. The Balaban J connectivity index is 2.38. The third-order valence-corrected chi connectivity index (χ3v) is 2.46. The van der Waals surface area contributed by atoms with Crippen molar-refractivity contribution in [3.8, 4) is 0 Å². The molecule has 0 aliphatic carbocycles. The van der Waals surface area contributed by atoms with E-state index in [-0.39, 0.29) is 11.1 Å². The number of aliphatic imine (C=N–C) groups is 1. The van der Waals surface area contributed by atoms with Crippen molar-refractivity contribution in [1.29, 1.82) is 0 Å². The number of benzene rings is 1. The predicted octanol–water partition coefficient (Wildman–Crippen LogP) is 3.17. The van der Waals surface area contributed by atoms with Crippen molar-refractivity contribution in [2.24, 2.45) is 10.4 Å². The minimum atomic E-state index is -0.539. The van der Waals surface area contributed by atoms with Crippen LogP contribution in [0.5, 0.6) is 0 Å². The van der Waals surface area contributed by atoms with Crippen LogP contribution in [0.1, 0.15) is 26.3 Å². The van der Waals surface area contributed by atoms with Gasteiger partial charge in [-0.3, -0.25) is 0 Å². The van der Waals surface area contributed by atoms with E-state index in [4.69, 9.17) is 4.74 Å². The van der Waals surface area contributed by atoms with Gasteiger partial charge < -0.3 is 4.74 Å². The van der Waals surface area contributed by atoms with Crippen LogP contribution >= 0.6 is 0 Å². The van der Waals surface area contributed by atoms with E-state index in [9.17, 15) is 9.18 Å². The number of carbonyl (C=O) groups is 1. The molecule has 1 heterocycles. The van der Waals surface area contributed by atoms with Crippen molar-refractivity contribution >= 4 is 17.9 Å². The largest absolute Gasteiger partial charge is 0.406 e. The standard InChI is InChI=1S/C14H14FNO2/c1-14(2,3)13-16-11(12(17)18-13)8-9-6-4-5-7-10(9)15/h4-8H,1-3H3. The van der Waals surface area contributed by atoms with Crippen molar-refractivity contribution in [2.45, 2.75) is 20.8 Å². The third-order valence-electron chi connectivity index (χ3n) is 2.46. The van der Waals surface area contributed by atoms with E-state index in [0.29, 0.717) is 11.5 Å². The molecule has 0 N–H and O–H groups in total. The smallest absolute Gasteiger partial charge is 0.363 e. The molecule has 4 heteroatoms. The van der Waals surface area contributed by atoms with Gasteiger partial charge in [-0.1, -0.05) is 39.0 Å². The van der Waals surface area contributed by atoms with Crippen LogP contribution in [0.25, 0.3) is 6.08 Å². The zero-order chi connectivity index (χ0) is 13.3. The first kappa shape index (κ1) is 12.5. The Morgan fingerprint density at radius 3 is 2.50 bits per heavy atom. The molecular weight excluding hydrogens is 233 g/mol. The Morgan fingerprint density at radius 2 is 1.94 bits per heavy atom. The Kier molecular flexibility index (Phi) is 3.03. The summed E-state index contributed by atoms with van der Waals surface area (Å²) in [7, 11) is 0. The molecule has 0 radical (unpaired) electrons. The SMILES string of the molecule is CC(C)(C)C1=NC(=Cc2ccccc2F)C(=O)O1. The normalized spacial score (nSPS) is 17.9. The molecule has 0 saturated heterocycles. The maximum atomic E-state index is 13.5. The van der Waals surface area contributed by atoms with Gasteiger partial charge in [0.05, 0.1) is 0 Å². The van der Waals surface area contributed by atoms with Gasteiger partial charge in [-0.05, 0) is 12.1 Å². The molecular formula is C14H14FNO2. The molecule has 1 aromatic carbocycles. The Hall–Kier alpha value is -1.97. The molecule has 3 nitrogen and oxygen atoms in total. The zero-order valence-corrected chi connectivity index (χ0v) is 10.5. The van der Waals surface area contributed by atoms with Crippen molar-refractivity contribution < 1.29 is 13.9 Å². The summed E-state index contributed by atoms with van der Waals surface area (Å²) in [5.74, 6) is -0.574. The summed E-state index contributed by atoms with van der Waals surface area (Å²) < 4.78 is 18.5. The fourth-order valence-electron chi connectivity index (χ4n) is 1.47. The molecule has 1 aliphatic heterocycles. The first-order valence-corrected chi connectivity index (χ1v) is 5.65. The Bertz CT molecular complexity index is 553. The van der Waals surface area contributed by atoms with E-state index in [0.717, 1.165) is 0 Å². The second-order valence-corrected chi connectivity index (χ2v) is 5.11. The van der Waals surface area contributed by atoms with Gasteiger partial charge in [0.15, 0.2) is 5.70 Å². The van der Waals surface area contributed by atoms with E-state index < -0.39 is 11.8 Å². The second-order valence-electron chi connectivity index (χ2n) is 5.11. The molecule has 0 atom stereocenters. The van der Waals surface area contributed by atoms with Crippen LogP contribution < -0.4 is 0 Å². The molecule has 0 unspecified atom stereocenters. The fraction of sp³-hybridized carbons (Fsp3) is 0.286. The summed E-state index contributed by atoms with van der Waals surface area (Å²) in [5.41, 5.74) is 0.105. The van der Waals surface area contributed by atoms with E-state index in [1.54, 1.807) is 18.2 Å². The maximum Gasteiger partial charge on any atom is 0.363 e. The molecule has 94 valence electrons. The number of hydrogen-bond acceptors (Lipinski definition) is 3. The van der Waals surface area contributed by atoms with E-state index in [2.05, 4.69) is 4.99 Å². The minimum Gasteiger partial charge on any atom is -0.406 e. The van der Waals surface area contributed by atoms with E-state index in [1.807, 2.05) is 20.8 Å². The van der Waals surface area contributed by atoms with Gasteiger partial charge in [0.2, 0.25) is 5.90 Å². The van der Waals surface area contributed by atoms with Crippen LogP contribution in [0.3, 0.4) is 0 Å². The highest BCUT2D eigenvalue weighted by Crippen LogP contribution is 2.25. The Labute approximate surface area is 105 Å². The summed E-state index contributed by atoms with van der Waals surface area (Å²) in [6.45, 7) is 5.68. The average Bonchev–Trinajstić information content (AvgIpc) is 2.63. The van der Waals surface area contributed by atoms with Gasteiger partial charge in [-0.2, -0.15) is 0 Å². The highest BCUT2D eigenvalue weighted by molar-refractivity contribution is 6.08. The van der Waals surface area contributed by atoms with Crippen LogP contribution in [0.4, 0.5) is 4.39 Å². The molecule has 1 aliphatic rings. The lowest BCUT2D eigenvalue weighted by Gasteiger charge is -2.15. The number of cyclic esters (lactones) is 1. The van der Waals surface area contributed by atoms with Crippen LogP contribution in [-0.4, -0.2) is 11.9 Å². The van der Waals surface area contributed by atoms with Crippen LogP contribution in [0, 0.1) is 11.2 Å². The molecule has 0 spiro atoms. The van der Waals surface area contributed by atoms with Gasteiger partial charge in [0, 0.05) is 11.0 Å². The summed E-state index contributed by atoms with van der Waals surface area (Å²) >= 11 is 0. The van der Waals surface area contributed by atoms with Crippen molar-refractivity contribution in [1.82, 2.24) is 0 Å². The lowest BCUT2D eigenvalue weighted by atomic mass is 9.97. The molecule has 18 heavy (non-hydrogen) atoms. The summed E-state index contributed by atoms with van der Waals surface area (Å²) in [5, 5.41) is 0. The number of halogens is 1. The zero-order valence-electron chi connectivity index (χ0n) is 10.5. The van der Waals surface area contributed by atoms with Gasteiger partial charge in [0.25, 0.3) is 0 Å². The lowest BCUT2D eigenvalue weighted by Crippen LogP contribution is -2.21. The van der Waals surface area contributed by atoms with Crippen molar-refractivity contribution in [3.63, 3.8) is 0 Å². The third kappa shape index (κ3) is 2.47. The van der Waals surface area contributed by atoms with Crippen LogP contribution in [0.15, 0.2) is 35.0 Å². The highest BCUT2D eigenvalue weighted by atomic mass is 19.1. The van der Waals surface area contributed by atoms with Crippen molar-refractivity contribution in [2.75, 3.05) is 0 Å². The number of carbonyl (C=O) groups excluding carboxylic acids is 1. The van der Waals surface area contributed by atoms with Crippen molar-refractivity contribution in [3.05, 3.63) is 41.3 Å². The molecule has 0 saturated carbocycles. The molecule has 0 aromatic heterocycles. The monoisotopic (exact) mass is 247 g/mol. The van der Waals surface area contributed by atoms with Gasteiger partial charge in [0.1, 0.15) is 5.82 Å². The van der Waals surface area contributed by atoms with E-state index in [1.165, 1.54) is 12.1 Å². The number of esters is 1. The summed E-state index contributed by atoms with van der Waals surface area (Å²) in [6, 6.07) is 6.21. The van der Waals surface area contributed by atoms with Gasteiger partial charge >= 0.3 is 5.97 Å². The molecule has 2 rings (SSSR count). The van der Waals surface area contributed by atoms with Gasteiger partial charge in [-0.15, -0.1) is 0 Å². The first-order chi connectivity index (χ1) is 8.38. The summed E-state index contributed by atoms with van der Waals surface area (Å²) in [6.07, 6.45) is 1.40. The number of hydrogen-bond donors (Lipinski definition) is 0. The quantitative estimate of drug-likeness (QED) is 0.564. The van der Waals surface area contributed by atoms with Crippen LogP contribution in [-0.2, 0) is 9.53 Å². The topological polar surface area (TPSA) is 38.7 Å². The maximum absolute atomic E-state index is 13.5. The molecule has 0 bridgehead atoms. The van der Waals surface area contributed by atoms with Gasteiger partial charge in [-0.25, -0.2) is 14.2 Å². The number of nitrogens with zero attached hydrogens (tertiary/aromatic N) is 1. The summed E-state index contributed by atoms with van der Waals surface area (Å²) in [4.78, 5) is 15.7. The van der Waals surface area contributed by atoms with Crippen LogP contribution in [0.2, 0.25) is 0 Å². The first-order valence-electron chi connectivity index (χ1n) is 5.65. The molecule has 0 amide bonds. The number of ether oxygens (including phenoxy) is 1. The minimum absolute atomic E-state index is 0.130. The fourth-order valence-corrected chi connectivity index (χ4v) is 1.47. The Morgan fingerprint density at radius 1 is 1.28 bits per heavy atom. The van der Waals surface area contributed by atoms with E-state index >= 15 is 0 Å². The predicted molar refractivity (Wildman–Crippen MR) is 67.4 cm³/mol. The lowest BCUT2D eigenvalue weighted by molar-refractivity contribution is -0.130.